The minimum Gasteiger partial charge on any atom is -0.462 e. The van der Waals surface area contributed by atoms with E-state index in [9.17, 15) is 14.4 Å². The molecule has 0 saturated carbocycles. The summed E-state index contributed by atoms with van der Waals surface area (Å²) in [6, 6.07) is 0. The number of rotatable bonds is 50. The van der Waals surface area contributed by atoms with Gasteiger partial charge in [-0.05, 0) is 70.6 Å². The molecule has 0 heterocycles. The molecule has 1 atom stereocenters. The largest absolute Gasteiger partial charge is 0.462 e. The number of unbranched alkanes of at least 4 members (excludes halogenated alkanes) is 35. The van der Waals surface area contributed by atoms with Gasteiger partial charge in [-0.3, -0.25) is 14.4 Å². The summed E-state index contributed by atoms with van der Waals surface area (Å²) >= 11 is 0. The van der Waals surface area contributed by atoms with E-state index in [1.54, 1.807) is 0 Å². The lowest BCUT2D eigenvalue weighted by atomic mass is 10.0. The van der Waals surface area contributed by atoms with Gasteiger partial charge in [0.2, 0.25) is 0 Å². The van der Waals surface area contributed by atoms with Gasteiger partial charge in [0.05, 0.1) is 0 Å². The van der Waals surface area contributed by atoms with E-state index in [0.717, 1.165) is 70.6 Å². The van der Waals surface area contributed by atoms with Crippen molar-refractivity contribution in [2.75, 3.05) is 13.2 Å². The van der Waals surface area contributed by atoms with E-state index in [1.165, 1.54) is 186 Å². The van der Waals surface area contributed by atoms with Gasteiger partial charge in [-0.15, -0.1) is 0 Å². The van der Waals surface area contributed by atoms with Gasteiger partial charge in [-0.2, -0.15) is 0 Å². The highest BCUT2D eigenvalue weighted by Crippen LogP contribution is 2.16. The summed E-state index contributed by atoms with van der Waals surface area (Å²) in [4.78, 5) is 38.0. The van der Waals surface area contributed by atoms with Crippen molar-refractivity contribution in [3.8, 4) is 0 Å². The topological polar surface area (TPSA) is 78.9 Å². The van der Waals surface area contributed by atoms with Crippen molar-refractivity contribution >= 4 is 17.9 Å². The van der Waals surface area contributed by atoms with E-state index in [0.29, 0.717) is 19.3 Å². The summed E-state index contributed by atoms with van der Waals surface area (Å²) in [6.45, 7) is 6.63. The molecule has 0 fully saturated rings. The normalized spacial score (nSPS) is 12.1. The van der Waals surface area contributed by atoms with Crippen LogP contribution >= 0.6 is 0 Å². The summed E-state index contributed by atoms with van der Waals surface area (Å²) in [5.74, 6) is -0.876. The van der Waals surface area contributed by atoms with E-state index >= 15 is 0 Å². The molecular weight excluding hydrogens is 769 g/mol. The molecule has 364 valence electrons. The Labute approximate surface area is 385 Å². The fraction of sp³-hybridized carbons (Fsp3) is 0.875. The molecule has 0 aliphatic heterocycles. The first-order valence-corrected chi connectivity index (χ1v) is 27.3. The molecular formula is C56H104O6. The van der Waals surface area contributed by atoms with Crippen LogP contribution in [0.1, 0.15) is 297 Å². The molecule has 0 rings (SSSR count). The maximum atomic E-state index is 12.8. The van der Waals surface area contributed by atoms with Crippen molar-refractivity contribution in [1.29, 1.82) is 0 Å². The van der Waals surface area contributed by atoms with Crippen molar-refractivity contribution in [1.82, 2.24) is 0 Å². The molecule has 0 aromatic heterocycles. The van der Waals surface area contributed by atoms with Crippen LogP contribution in [0.4, 0.5) is 0 Å². The number of carbonyl (C=O) groups excluding carboxylic acids is 3. The van der Waals surface area contributed by atoms with Gasteiger partial charge in [-0.1, -0.05) is 231 Å². The van der Waals surface area contributed by atoms with Crippen LogP contribution in [0.3, 0.4) is 0 Å². The third-order valence-corrected chi connectivity index (χ3v) is 12.2. The Balaban J connectivity index is 4.31. The van der Waals surface area contributed by atoms with Crippen LogP contribution in [-0.4, -0.2) is 37.2 Å². The van der Waals surface area contributed by atoms with Gasteiger partial charge in [0.1, 0.15) is 13.2 Å². The van der Waals surface area contributed by atoms with Gasteiger partial charge in [0, 0.05) is 19.3 Å². The molecule has 0 amide bonds. The van der Waals surface area contributed by atoms with E-state index in [2.05, 4.69) is 45.1 Å². The SMILES string of the molecule is CCCCCC/C=C\CCCCCCCC(=O)OC[C@H](COC(=O)CCCCCCCCCCCCCCCCCCCC)OC(=O)CCCCCCC/C=C\CCCCCC. The average molecular weight is 873 g/mol. The van der Waals surface area contributed by atoms with Crippen LogP contribution in [0.15, 0.2) is 24.3 Å². The molecule has 0 aromatic rings. The minimum absolute atomic E-state index is 0.0732. The number of esters is 3. The molecule has 0 aliphatic rings. The van der Waals surface area contributed by atoms with E-state index < -0.39 is 6.10 Å². The number of allylic oxidation sites excluding steroid dienone is 4. The van der Waals surface area contributed by atoms with Crippen molar-refractivity contribution in [2.24, 2.45) is 0 Å². The first-order chi connectivity index (χ1) is 30.5. The van der Waals surface area contributed by atoms with E-state index in [4.69, 9.17) is 14.2 Å². The lowest BCUT2D eigenvalue weighted by Gasteiger charge is -2.18. The second kappa shape index (κ2) is 51.5. The van der Waals surface area contributed by atoms with Crippen LogP contribution in [-0.2, 0) is 28.6 Å². The molecule has 0 unspecified atom stereocenters. The predicted octanol–water partition coefficient (Wildman–Crippen LogP) is 17.9. The Kier molecular flexibility index (Phi) is 49.8. The molecule has 0 bridgehead atoms. The molecule has 6 heteroatoms. The van der Waals surface area contributed by atoms with Crippen molar-refractivity contribution < 1.29 is 28.6 Å². The Morgan fingerprint density at radius 3 is 0.823 bits per heavy atom. The Bertz CT molecular complexity index is 1000. The lowest BCUT2D eigenvalue weighted by molar-refractivity contribution is -0.167. The van der Waals surface area contributed by atoms with Crippen molar-refractivity contribution in [2.45, 2.75) is 303 Å². The summed E-state index contributed by atoms with van der Waals surface area (Å²) in [6.07, 6.45) is 58.8. The molecule has 0 aliphatic carbocycles. The Hall–Kier alpha value is -2.11. The third kappa shape index (κ3) is 48.9. The van der Waals surface area contributed by atoms with Gasteiger partial charge < -0.3 is 14.2 Å². The second-order valence-electron chi connectivity index (χ2n) is 18.5. The molecule has 0 spiro atoms. The van der Waals surface area contributed by atoms with Crippen molar-refractivity contribution in [3.63, 3.8) is 0 Å². The Morgan fingerprint density at radius 1 is 0.306 bits per heavy atom. The number of carbonyl (C=O) groups is 3. The van der Waals surface area contributed by atoms with E-state index in [1.807, 2.05) is 0 Å². The number of hydrogen-bond acceptors (Lipinski definition) is 6. The first-order valence-electron chi connectivity index (χ1n) is 27.3. The van der Waals surface area contributed by atoms with Crippen LogP contribution in [0, 0.1) is 0 Å². The summed E-state index contributed by atoms with van der Waals surface area (Å²) in [5.41, 5.74) is 0. The molecule has 62 heavy (non-hydrogen) atoms. The maximum absolute atomic E-state index is 12.8. The highest BCUT2D eigenvalue weighted by molar-refractivity contribution is 5.71. The van der Waals surface area contributed by atoms with E-state index in [-0.39, 0.29) is 31.1 Å². The van der Waals surface area contributed by atoms with Crippen LogP contribution in [0.25, 0.3) is 0 Å². The maximum Gasteiger partial charge on any atom is 0.306 e. The zero-order chi connectivity index (χ0) is 45.1. The fourth-order valence-corrected chi connectivity index (χ4v) is 8.02. The highest BCUT2D eigenvalue weighted by Gasteiger charge is 2.19. The van der Waals surface area contributed by atoms with Crippen molar-refractivity contribution in [3.05, 3.63) is 24.3 Å². The monoisotopic (exact) mass is 873 g/mol. The predicted molar refractivity (Wildman–Crippen MR) is 266 cm³/mol. The third-order valence-electron chi connectivity index (χ3n) is 12.2. The van der Waals surface area contributed by atoms with Crippen LogP contribution < -0.4 is 0 Å². The van der Waals surface area contributed by atoms with Gasteiger partial charge in [-0.25, -0.2) is 0 Å². The average Bonchev–Trinajstić information content (AvgIpc) is 3.27. The summed E-state index contributed by atoms with van der Waals surface area (Å²) in [7, 11) is 0. The molecule has 0 N–H and O–H groups in total. The molecule has 6 nitrogen and oxygen atoms in total. The summed E-state index contributed by atoms with van der Waals surface area (Å²) < 4.78 is 16.8. The van der Waals surface area contributed by atoms with Crippen LogP contribution in [0.5, 0.6) is 0 Å². The van der Waals surface area contributed by atoms with Crippen LogP contribution in [0.2, 0.25) is 0 Å². The zero-order valence-electron chi connectivity index (χ0n) is 41.7. The lowest BCUT2D eigenvalue weighted by Crippen LogP contribution is -2.30. The highest BCUT2D eigenvalue weighted by atomic mass is 16.6. The Morgan fingerprint density at radius 2 is 0.532 bits per heavy atom. The quantitative estimate of drug-likeness (QED) is 0.0262. The van der Waals surface area contributed by atoms with Gasteiger partial charge in [0.15, 0.2) is 6.10 Å². The molecule has 0 radical (unpaired) electrons. The minimum atomic E-state index is -0.774. The zero-order valence-corrected chi connectivity index (χ0v) is 41.7. The van der Waals surface area contributed by atoms with Gasteiger partial charge in [0.25, 0.3) is 0 Å². The smallest absolute Gasteiger partial charge is 0.306 e. The molecule has 0 aromatic carbocycles. The fourth-order valence-electron chi connectivity index (χ4n) is 8.02. The molecule has 0 saturated heterocycles. The summed E-state index contributed by atoms with van der Waals surface area (Å²) in [5, 5.41) is 0. The number of ether oxygens (including phenoxy) is 3. The standard InChI is InChI=1S/C56H104O6/c1-4-7-10-13-16-19-22-25-26-27-28-29-32-34-37-40-43-46-49-55(58)61-52-53(62-56(59)50-47-44-41-38-35-31-24-21-18-15-12-9-6-3)51-60-54(57)48-45-42-39-36-33-30-23-20-17-14-11-8-5-2/h20-21,23-24,53H,4-19,22,25-52H2,1-3H3/b23-20-,24-21-/t53-/m1/s1. The number of hydrogen-bond donors (Lipinski definition) is 0. The van der Waals surface area contributed by atoms with Gasteiger partial charge >= 0.3 is 17.9 Å². The second-order valence-corrected chi connectivity index (χ2v) is 18.5. The first kappa shape index (κ1) is 59.9.